The molecule has 0 saturated carbocycles. The van der Waals surface area contributed by atoms with Crippen LogP contribution in [0.5, 0.6) is 0 Å². The zero-order valence-corrected chi connectivity index (χ0v) is 17.8. The lowest BCUT2D eigenvalue weighted by molar-refractivity contribution is -0.115. The molecule has 0 aliphatic carbocycles. The zero-order chi connectivity index (χ0) is 20.9. The fraction of sp³-hybridized carbons (Fsp3) is 0.0870. The summed E-state index contributed by atoms with van der Waals surface area (Å²) in [6.45, 7) is 1.85. The van der Waals surface area contributed by atoms with E-state index in [0.717, 1.165) is 15.7 Å². The molecule has 2 amide bonds. The van der Waals surface area contributed by atoms with Gasteiger partial charge in [-0.15, -0.1) is 23.1 Å². The van der Waals surface area contributed by atoms with Crippen molar-refractivity contribution in [3.8, 4) is 0 Å². The largest absolute Gasteiger partial charge is 0.322 e. The Labute approximate surface area is 182 Å². The van der Waals surface area contributed by atoms with Gasteiger partial charge in [0.25, 0.3) is 5.91 Å². The van der Waals surface area contributed by atoms with Gasteiger partial charge in [0.2, 0.25) is 5.91 Å². The Hall–Kier alpha value is -3.16. The molecule has 7 heteroatoms. The number of amides is 2. The van der Waals surface area contributed by atoms with Crippen molar-refractivity contribution in [2.24, 2.45) is 0 Å². The van der Waals surface area contributed by atoms with Crippen molar-refractivity contribution in [3.05, 3.63) is 83.9 Å². The van der Waals surface area contributed by atoms with Gasteiger partial charge in [-0.1, -0.05) is 30.3 Å². The van der Waals surface area contributed by atoms with Crippen molar-refractivity contribution in [1.82, 2.24) is 4.98 Å². The Bertz CT molecular complexity index is 1170. The number of hydrogen-bond acceptors (Lipinski definition) is 5. The number of benzene rings is 3. The molecule has 2 N–H and O–H groups in total. The quantitative estimate of drug-likeness (QED) is 0.385. The molecule has 30 heavy (non-hydrogen) atoms. The molecule has 0 spiro atoms. The molecule has 1 heterocycles. The minimum absolute atomic E-state index is 0.0939. The normalized spacial score (nSPS) is 11.8. The topological polar surface area (TPSA) is 71.1 Å². The number of thioether (sulfide) groups is 1. The third kappa shape index (κ3) is 4.87. The summed E-state index contributed by atoms with van der Waals surface area (Å²) in [5.41, 5.74) is 1.32. The zero-order valence-electron chi connectivity index (χ0n) is 16.2. The Morgan fingerprint density at radius 2 is 1.73 bits per heavy atom. The van der Waals surface area contributed by atoms with Crippen molar-refractivity contribution in [2.75, 3.05) is 10.6 Å². The molecule has 3 aromatic carbocycles. The number of nitrogens with zero attached hydrogens (tertiary/aromatic N) is 1. The second kappa shape index (κ2) is 9.11. The second-order valence-electron chi connectivity index (χ2n) is 6.63. The van der Waals surface area contributed by atoms with Crippen molar-refractivity contribution < 1.29 is 9.59 Å². The third-order valence-electron chi connectivity index (χ3n) is 4.47. The maximum absolute atomic E-state index is 12.6. The lowest BCUT2D eigenvalue weighted by atomic mass is 10.1. The molecule has 4 rings (SSSR count). The number of nitrogens with one attached hydrogen (secondary N) is 2. The molecule has 4 aromatic rings. The predicted molar refractivity (Wildman–Crippen MR) is 124 cm³/mol. The van der Waals surface area contributed by atoms with E-state index in [2.05, 4.69) is 15.6 Å². The number of fused-ring (bicyclic) bond motifs is 1. The average Bonchev–Trinajstić information content (AvgIpc) is 3.27. The highest BCUT2D eigenvalue weighted by Gasteiger charge is 2.15. The maximum Gasteiger partial charge on any atom is 0.255 e. The summed E-state index contributed by atoms with van der Waals surface area (Å²) in [4.78, 5) is 29.9. The van der Waals surface area contributed by atoms with E-state index >= 15 is 0 Å². The van der Waals surface area contributed by atoms with E-state index in [1.54, 1.807) is 6.20 Å². The van der Waals surface area contributed by atoms with E-state index in [1.165, 1.54) is 23.1 Å². The summed E-state index contributed by atoms with van der Waals surface area (Å²) in [6.07, 6.45) is 1.66. The van der Waals surface area contributed by atoms with Crippen molar-refractivity contribution >= 4 is 56.5 Å². The van der Waals surface area contributed by atoms with Crippen LogP contribution in [0.1, 0.15) is 17.3 Å². The van der Waals surface area contributed by atoms with Gasteiger partial charge in [0, 0.05) is 27.7 Å². The van der Waals surface area contributed by atoms with Gasteiger partial charge in [-0.3, -0.25) is 9.59 Å². The average molecular weight is 434 g/mol. The number of carbonyl (C=O) groups excluding carboxylic acids is 2. The number of hydrogen-bond donors (Lipinski definition) is 2. The van der Waals surface area contributed by atoms with Crippen LogP contribution in [-0.4, -0.2) is 22.0 Å². The van der Waals surface area contributed by atoms with Crippen LogP contribution >= 0.6 is 23.1 Å². The number of rotatable bonds is 6. The Balaban J connectivity index is 1.36. The molecule has 0 aliphatic heterocycles. The van der Waals surface area contributed by atoms with E-state index in [9.17, 15) is 9.59 Å². The summed E-state index contributed by atoms with van der Waals surface area (Å²) in [5, 5.41) is 10.00. The summed E-state index contributed by atoms with van der Waals surface area (Å²) in [7, 11) is 0. The van der Waals surface area contributed by atoms with Gasteiger partial charge in [0.05, 0.1) is 5.25 Å². The molecular formula is C23H19N3O2S2. The first kappa shape index (κ1) is 20.1. The van der Waals surface area contributed by atoms with E-state index in [1.807, 2.05) is 79.0 Å². The first-order chi connectivity index (χ1) is 14.6. The second-order valence-corrected chi connectivity index (χ2v) is 8.94. The van der Waals surface area contributed by atoms with Crippen molar-refractivity contribution in [2.45, 2.75) is 17.1 Å². The molecule has 0 saturated heterocycles. The van der Waals surface area contributed by atoms with E-state index in [4.69, 9.17) is 0 Å². The number of aromatic nitrogens is 1. The van der Waals surface area contributed by atoms with Crippen LogP contribution in [0.4, 0.5) is 10.8 Å². The maximum atomic E-state index is 12.6. The van der Waals surface area contributed by atoms with Gasteiger partial charge in [-0.2, -0.15) is 0 Å². The van der Waals surface area contributed by atoms with Crippen LogP contribution in [-0.2, 0) is 4.79 Å². The minimum atomic E-state index is -0.271. The first-order valence-corrected chi connectivity index (χ1v) is 11.1. The fourth-order valence-corrected chi connectivity index (χ4v) is 4.30. The Kier molecular flexibility index (Phi) is 6.11. The molecule has 5 nitrogen and oxygen atoms in total. The summed E-state index contributed by atoms with van der Waals surface area (Å²) >= 11 is 2.84. The number of anilines is 2. The van der Waals surface area contributed by atoms with Crippen LogP contribution < -0.4 is 10.6 Å². The highest BCUT2D eigenvalue weighted by molar-refractivity contribution is 8.00. The van der Waals surface area contributed by atoms with Crippen molar-refractivity contribution in [1.29, 1.82) is 0 Å². The van der Waals surface area contributed by atoms with Crippen LogP contribution in [0.25, 0.3) is 10.8 Å². The smallest absolute Gasteiger partial charge is 0.255 e. The van der Waals surface area contributed by atoms with E-state index < -0.39 is 0 Å². The SMILES string of the molecule is CC(Sc1ccc(NC(=O)c2ccc3ccccc3c2)cc1)C(=O)Nc1nccs1. The van der Waals surface area contributed by atoms with Gasteiger partial charge in [-0.05, 0) is 54.1 Å². The van der Waals surface area contributed by atoms with Crippen molar-refractivity contribution in [3.63, 3.8) is 0 Å². The minimum Gasteiger partial charge on any atom is -0.322 e. The molecule has 0 aliphatic rings. The highest BCUT2D eigenvalue weighted by Crippen LogP contribution is 2.26. The Morgan fingerprint density at radius 1 is 0.967 bits per heavy atom. The van der Waals surface area contributed by atoms with Crippen LogP contribution in [0.3, 0.4) is 0 Å². The molecule has 1 atom stereocenters. The predicted octanol–water partition coefficient (Wildman–Crippen LogP) is 5.67. The molecule has 1 unspecified atom stereocenters. The van der Waals surface area contributed by atoms with Gasteiger partial charge >= 0.3 is 0 Å². The van der Waals surface area contributed by atoms with E-state index in [-0.39, 0.29) is 17.1 Å². The standard InChI is InChI=1S/C23H19N3O2S2/c1-15(21(27)26-23-24-12-13-29-23)30-20-10-8-19(9-11-20)25-22(28)18-7-6-16-4-2-3-5-17(16)14-18/h2-15H,1H3,(H,25,28)(H,24,26,27). The number of thiazole rings is 1. The fourth-order valence-electron chi connectivity index (χ4n) is 2.90. The highest BCUT2D eigenvalue weighted by atomic mass is 32.2. The monoisotopic (exact) mass is 433 g/mol. The van der Waals surface area contributed by atoms with E-state index in [0.29, 0.717) is 16.4 Å². The molecule has 0 fully saturated rings. The molecule has 1 aromatic heterocycles. The number of carbonyl (C=O) groups is 2. The van der Waals surface area contributed by atoms with Crippen LogP contribution in [0.15, 0.2) is 83.2 Å². The molecular weight excluding hydrogens is 414 g/mol. The molecule has 0 bridgehead atoms. The first-order valence-electron chi connectivity index (χ1n) is 9.36. The van der Waals surface area contributed by atoms with Crippen LogP contribution in [0.2, 0.25) is 0 Å². The van der Waals surface area contributed by atoms with Crippen LogP contribution in [0, 0.1) is 0 Å². The van der Waals surface area contributed by atoms with Gasteiger partial charge < -0.3 is 10.6 Å². The Morgan fingerprint density at radius 3 is 2.47 bits per heavy atom. The molecule has 150 valence electrons. The van der Waals surface area contributed by atoms with Gasteiger partial charge in [0.15, 0.2) is 5.13 Å². The lowest BCUT2D eigenvalue weighted by Crippen LogP contribution is -2.22. The molecule has 0 radical (unpaired) electrons. The lowest BCUT2D eigenvalue weighted by Gasteiger charge is -2.11. The summed E-state index contributed by atoms with van der Waals surface area (Å²) < 4.78 is 0. The third-order valence-corrected chi connectivity index (χ3v) is 6.27. The van der Waals surface area contributed by atoms with Gasteiger partial charge in [-0.25, -0.2) is 4.98 Å². The summed E-state index contributed by atoms with van der Waals surface area (Å²) in [6, 6.07) is 21.1. The van der Waals surface area contributed by atoms with Gasteiger partial charge in [0.1, 0.15) is 0 Å². The summed E-state index contributed by atoms with van der Waals surface area (Å²) in [5.74, 6) is -0.249.